The molecule has 0 bridgehead atoms. The Bertz CT molecular complexity index is 646. The summed E-state index contributed by atoms with van der Waals surface area (Å²) >= 11 is 6.09. The summed E-state index contributed by atoms with van der Waals surface area (Å²) < 4.78 is 5.16. The van der Waals surface area contributed by atoms with Crippen molar-refractivity contribution in [3.05, 3.63) is 47.1 Å². The van der Waals surface area contributed by atoms with Crippen molar-refractivity contribution in [1.82, 2.24) is 4.98 Å². The average molecular weight is 293 g/mol. The summed E-state index contributed by atoms with van der Waals surface area (Å²) in [5.41, 5.74) is 0.889. The molecule has 20 heavy (non-hydrogen) atoms. The topological polar surface area (TPSA) is 62.7 Å². The van der Waals surface area contributed by atoms with E-state index in [1.807, 2.05) is 24.3 Å². The molecule has 5 nitrogen and oxygen atoms in total. The minimum atomic E-state index is -1.06. The summed E-state index contributed by atoms with van der Waals surface area (Å²) in [7, 11) is 3.38. The molecule has 0 aliphatic carbocycles. The van der Waals surface area contributed by atoms with Gasteiger partial charge in [-0.05, 0) is 18.2 Å². The summed E-state index contributed by atoms with van der Waals surface area (Å²) in [4.78, 5) is 16.7. The molecule has 2 aromatic rings. The molecule has 6 heteroatoms. The van der Waals surface area contributed by atoms with E-state index in [0.717, 1.165) is 5.69 Å². The standard InChI is InChI=1S/C14H13ClN2O3/c1-17(10-4-3-5-11(7-10)20-2)13-12(15)6-9(8-16-13)14(18)19/h3-8H,1-2H3,(H,18,19). The van der Waals surface area contributed by atoms with E-state index in [1.165, 1.54) is 12.3 Å². The van der Waals surface area contributed by atoms with Crippen LogP contribution in [0.25, 0.3) is 0 Å². The second-order valence-corrected chi connectivity index (χ2v) is 4.50. The number of hydrogen-bond acceptors (Lipinski definition) is 4. The van der Waals surface area contributed by atoms with Gasteiger partial charge in [-0.25, -0.2) is 9.78 Å². The van der Waals surface area contributed by atoms with E-state index in [-0.39, 0.29) is 10.6 Å². The minimum Gasteiger partial charge on any atom is -0.497 e. The Labute approximate surface area is 121 Å². The second kappa shape index (κ2) is 5.79. The van der Waals surface area contributed by atoms with E-state index in [2.05, 4.69) is 4.98 Å². The molecule has 0 saturated heterocycles. The lowest BCUT2D eigenvalue weighted by Gasteiger charge is -2.20. The lowest BCUT2D eigenvalue weighted by atomic mass is 10.2. The Hall–Kier alpha value is -2.27. The number of benzene rings is 1. The third-order valence-electron chi connectivity index (χ3n) is 2.83. The molecular formula is C14H13ClN2O3. The van der Waals surface area contributed by atoms with Crippen LogP contribution in [0.5, 0.6) is 5.75 Å². The number of carboxylic acids is 1. The van der Waals surface area contributed by atoms with Crippen molar-refractivity contribution in [2.75, 3.05) is 19.1 Å². The third kappa shape index (κ3) is 2.83. The molecule has 0 unspecified atom stereocenters. The maximum Gasteiger partial charge on any atom is 0.337 e. The van der Waals surface area contributed by atoms with Crippen molar-refractivity contribution in [2.45, 2.75) is 0 Å². The number of rotatable bonds is 4. The molecule has 0 fully saturated rings. The van der Waals surface area contributed by atoms with Crippen molar-refractivity contribution >= 4 is 29.1 Å². The van der Waals surface area contributed by atoms with Gasteiger partial charge >= 0.3 is 5.97 Å². The Morgan fingerprint density at radius 3 is 2.75 bits per heavy atom. The number of carboxylic acid groups (broad SMARTS) is 1. The fraction of sp³-hybridized carbons (Fsp3) is 0.143. The molecule has 1 N–H and O–H groups in total. The third-order valence-corrected chi connectivity index (χ3v) is 3.11. The van der Waals surface area contributed by atoms with E-state index in [0.29, 0.717) is 11.6 Å². The smallest absolute Gasteiger partial charge is 0.337 e. The van der Waals surface area contributed by atoms with Crippen molar-refractivity contribution in [3.63, 3.8) is 0 Å². The summed E-state index contributed by atoms with van der Waals surface area (Å²) in [6.07, 6.45) is 1.28. The number of methoxy groups -OCH3 is 1. The van der Waals surface area contributed by atoms with Gasteiger partial charge in [0.05, 0.1) is 17.7 Å². The average Bonchev–Trinajstić information content (AvgIpc) is 2.46. The number of halogens is 1. The highest BCUT2D eigenvalue weighted by molar-refractivity contribution is 6.33. The minimum absolute atomic E-state index is 0.0535. The highest BCUT2D eigenvalue weighted by atomic mass is 35.5. The molecule has 0 radical (unpaired) electrons. The molecule has 104 valence electrons. The summed E-state index contributed by atoms with van der Waals surface area (Å²) in [5, 5.41) is 9.17. The largest absolute Gasteiger partial charge is 0.497 e. The maximum absolute atomic E-state index is 10.9. The summed E-state index contributed by atoms with van der Waals surface area (Å²) in [6, 6.07) is 8.78. The Morgan fingerprint density at radius 2 is 2.15 bits per heavy atom. The second-order valence-electron chi connectivity index (χ2n) is 4.10. The van der Waals surface area contributed by atoms with Crippen molar-refractivity contribution in [3.8, 4) is 5.75 Å². The van der Waals surface area contributed by atoms with Crippen LogP contribution >= 0.6 is 11.6 Å². The number of aromatic carboxylic acids is 1. The fourth-order valence-electron chi connectivity index (χ4n) is 1.74. The molecule has 0 spiro atoms. The van der Waals surface area contributed by atoms with Gasteiger partial charge in [-0.1, -0.05) is 17.7 Å². The zero-order chi connectivity index (χ0) is 14.7. The molecule has 2 rings (SSSR count). The van der Waals surface area contributed by atoms with Gasteiger partial charge in [0.25, 0.3) is 0 Å². The van der Waals surface area contributed by atoms with Crippen LogP contribution in [0.4, 0.5) is 11.5 Å². The highest BCUT2D eigenvalue weighted by Gasteiger charge is 2.13. The van der Waals surface area contributed by atoms with Crippen LogP contribution < -0.4 is 9.64 Å². The lowest BCUT2D eigenvalue weighted by Crippen LogP contribution is -2.12. The first-order chi connectivity index (χ1) is 9.52. The maximum atomic E-state index is 10.9. The molecule has 1 aromatic heterocycles. The normalized spacial score (nSPS) is 10.2. The molecule has 0 aliphatic rings. The predicted molar refractivity (Wildman–Crippen MR) is 77.3 cm³/mol. The number of pyridine rings is 1. The highest BCUT2D eigenvalue weighted by Crippen LogP contribution is 2.30. The number of ether oxygens (including phenoxy) is 1. The van der Waals surface area contributed by atoms with Gasteiger partial charge in [0, 0.05) is 25.0 Å². The van der Waals surface area contributed by atoms with Crippen LogP contribution in [0.3, 0.4) is 0 Å². The van der Waals surface area contributed by atoms with E-state index in [1.54, 1.807) is 19.1 Å². The van der Waals surface area contributed by atoms with Crippen molar-refractivity contribution in [1.29, 1.82) is 0 Å². The van der Waals surface area contributed by atoms with Crippen LogP contribution in [0.15, 0.2) is 36.5 Å². The van der Waals surface area contributed by atoms with E-state index >= 15 is 0 Å². The Kier molecular flexibility index (Phi) is 4.10. The van der Waals surface area contributed by atoms with E-state index < -0.39 is 5.97 Å². The van der Waals surface area contributed by atoms with E-state index in [4.69, 9.17) is 21.4 Å². The predicted octanol–water partition coefficient (Wildman–Crippen LogP) is 3.21. The zero-order valence-electron chi connectivity index (χ0n) is 11.0. The number of hydrogen-bond donors (Lipinski definition) is 1. The monoisotopic (exact) mass is 292 g/mol. The number of nitrogens with zero attached hydrogens (tertiary/aromatic N) is 2. The number of anilines is 2. The van der Waals surface area contributed by atoms with Gasteiger partial charge in [0.2, 0.25) is 0 Å². The van der Waals surface area contributed by atoms with Gasteiger partial charge in [-0.2, -0.15) is 0 Å². The molecular weight excluding hydrogens is 280 g/mol. The van der Waals surface area contributed by atoms with Crippen LogP contribution in [0.2, 0.25) is 5.02 Å². The van der Waals surface area contributed by atoms with Gasteiger partial charge < -0.3 is 14.7 Å². The van der Waals surface area contributed by atoms with E-state index in [9.17, 15) is 4.79 Å². The number of carbonyl (C=O) groups is 1. The van der Waals surface area contributed by atoms with Crippen LogP contribution in [-0.2, 0) is 0 Å². The first kappa shape index (κ1) is 14.1. The summed E-state index contributed by atoms with van der Waals surface area (Å²) in [6.45, 7) is 0. The SMILES string of the molecule is COc1cccc(N(C)c2ncc(C(=O)O)cc2Cl)c1. The Morgan fingerprint density at radius 1 is 1.40 bits per heavy atom. The molecule has 1 aromatic carbocycles. The van der Waals surface area contributed by atoms with Gasteiger partial charge in [0.15, 0.2) is 5.82 Å². The number of aromatic nitrogens is 1. The van der Waals surface area contributed by atoms with Crippen LogP contribution in [0, 0.1) is 0 Å². The molecule has 0 aliphatic heterocycles. The van der Waals surface area contributed by atoms with Crippen molar-refractivity contribution in [2.24, 2.45) is 0 Å². The fourth-order valence-corrected chi connectivity index (χ4v) is 2.03. The quantitative estimate of drug-likeness (QED) is 0.937. The first-order valence-corrected chi connectivity index (χ1v) is 6.17. The lowest BCUT2D eigenvalue weighted by molar-refractivity contribution is 0.0696. The molecule has 0 atom stereocenters. The molecule has 0 amide bonds. The molecule has 1 heterocycles. The molecule has 0 saturated carbocycles. The van der Waals surface area contributed by atoms with Gasteiger partial charge in [0.1, 0.15) is 5.75 Å². The first-order valence-electron chi connectivity index (χ1n) is 5.79. The Balaban J connectivity index is 2.37. The van der Waals surface area contributed by atoms with Crippen LogP contribution in [0.1, 0.15) is 10.4 Å². The van der Waals surface area contributed by atoms with Gasteiger partial charge in [-0.15, -0.1) is 0 Å². The zero-order valence-corrected chi connectivity index (χ0v) is 11.8. The van der Waals surface area contributed by atoms with Crippen LogP contribution in [-0.4, -0.2) is 30.2 Å². The summed E-state index contributed by atoms with van der Waals surface area (Å²) in [5.74, 6) is 0.132. The van der Waals surface area contributed by atoms with Gasteiger partial charge in [-0.3, -0.25) is 0 Å². The van der Waals surface area contributed by atoms with Crippen molar-refractivity contribution < 1.29 is 14.6 Å².